The van der Waals surface area contributed by atoms with Crippen molar-refractivity contribution in [3.8, 4) is 12.3 Å². The molecule has 1 rings (SSSR count). The van der Waals surface area contributed by atoms with Crippen LogP contribution < -0.4 is 0 Å². The van der Waals surface area contributed by atoms with Crippen molar-refractivity contribution < 1.29 is 4.74 Å². The first-order valence-electron chi connectivity index (χ1n) is 5.65. The first-order chi connectivity index (χ1) is 6.51. The maximum atomic E-state index is 5.81. The van der Waals surface area contributed by atoms with Crippen molar-refractivity contribution in [2.24, 2.45) is 5.92 Å². The minimum Gasteiger partial charge on any atom is -0.360 e. The number of hydrogen-bond donors (Lipinski definition) is 0. The highest BCUT2D eigenvalue weighted by Crippen LogP contribution is 2.30. The monoisotopic (exact) mass is 194 g/mol. The summed E-state index contributed by atoms with van der Waals surface area (Å²) < 4.78 is 5.81. The van der Waals surface area contributed by atoms with Crippen molar-refractivity contribution in [2.75, 3.05) is 0 Å². The summed E-state index contributed by atoms with van der Waals surface area (Å²) in [6.07, 6.45) is 12.0. The molecule has 0 aromatic heterocycles. The summed E-state index contributed by atoms with van der Waals surface area (Å²) in [7, 11) is 0. The van der Waals surface area contributed by atoms with Crippen molar-refractivity contribution in [1.82, 2.24) is 0 Å². The highest BCUT2D eigenvalue weighted by Gasteiger charge is 2.22. The van der Waals surface area contributed by atoms with Crippen LogP contribution in [0.3, 0.4) is 0 Å². The summed E-state index contributed by atoms with van der Waals surface area (Å²) >= 11 is 0. The van der Waals surface area contributed by atoms with E-state index in [0.717, 1.165) is 12.3 Å². The number of terminal acetylenes is 1. The summed E-state index contributed by atoms with van der Waals surface area (Å²) in [5, 5.41) is 0. The normalized spacial score (nSPS) is 20.7. The van der Waals surface area contributed by atoms with E-state index in [-0.39, 0.29) is 11.7 Å². The molecule has 1 fully saturated rings. The second-order valence-electron chi connectivity index (χ2n) is 5.27. The Morgan fingerprint density at radius 3 is 2.36 bits per heavy atom. The molecule has 80 valence electrons. The first kappa shape index (κ1) is 11.6. The van der Waals surface area contributed by atoms with Gasteiger partial charge in [-0.2, -0.15) is 0 Å². The Balaban J connectivity index is 2.35. The SMILES string of the molecule is C#CC(CC1CCCC1)OC(C)(C)C. The van der Waals surface area contributed by atoms with Gasteiger partial charge < -0.3 is 4.74 Å². The van der Waals surface area contributed by atoms with Crippen molar-refractivity contribution in [2.45, 2.75) is 64.6 Å². The maximum Gasteiger partial charge on any atom is 0.118 e. The molecule has 0 radical (unpaired) electrons. The molecule has 1 heteroatoms. The van der Waals surface area contributed by atoms with Crippen molar-refractivity contribution >= 4 is 0 Å². The van der Waals surface area contributed by atoms with Gasteiger partial charge in [0.15, 0.2) is 0 Å². The lowest BCUT2D eigenvalue weighted by Gasteiger charge is -2.26. The van der Waals surface area contributed by atoms with Gasteiger partial charge in [0.1, 0.15) is 6.10 Å². The molecule has 0 bridgehead atoms. The van der Waals surface area contributed by atoms with E-state index >= 15 is 0 Å². The molecule has 0 saturated heterocycles. The van der Waals surface area contributed by atoms with Crippen molar-refractivity contribution in [1.29, 1.82) is 0 Å². The predicted octanol–water partition coefficient (Wildman–Crippen LogP) is 3.38. The van der Waals surface area contributed by atoms with Crippen LogP contribution in [0.25, 0.3) is 0 Å². The molecule has 0 N–H and O–H groups in total. The first-order valence-corrected chi connectivity index (χ1v) is 5.65. The Bertz CT molecular complexity index is 200. The topological polar surface area (TPSA) is 9.23 Å². The minimum atomic E-state index is -0.115. The highest BCUT2D eigenvalue weighted by molar-refractivity contribution is 4.97. The van der Waals surface area contributed by atoms with E-state index < -0.39 is 0 Å². The van der Waals surface area contributed by atoms with Crippen LogP contribution >= 0.6 is 0 Å². The zero-order chi connectivity index (χ0) is 10.6. The lowest BCUT2D eigenvalue weighted by atomic mass is 10.00. The Morgan fingerprint density at radius 1 is 1.36 bits per heavy atom. The molecule has 1 aliphatic carbocycles. The van der Waals surface area contributed by atoms with E-state index in [1.807, 2.05) is 0 Å². The summed E-state index contributed by atoms with van der Waals surface area (Å²) in [4.78, 5) is 0. The van der Waals surface area contributed by atoms with Crippen molar-refractivity contribution in [3.05, 3.63) is 0 Å². The molecule has 1 nitrogen and oxygen atoms in total. The molecular weight excluding hydrogens is 172 g/mol. The van der Waals surface area contributed by atoms with Crippen LogP contribution in [-0.4, -0.2) is 11.7 Å². The number of rotatable bonds is 3. The summed E-state index contributed by atoms with van der Waals surface area (Å²) in [5.74, 6) is 3.57. The molecule has 0 heterocycles. The van der Waals surface area contributed by atoms with E-state index in [0.29, 0.717) is 0 Å². The van der Waals surface area contributed by atoms with Gasteiger partial charge in [-0.25, -0.2) is 0 Å². The van der Waals surface area contributed by atoms with Gasteiger partial charge in [-0.3, -0.25) is 0 Å². The van der Waals surface area contributed by atoms with Crippen LogP contribution in [-0.2, 0) is 4.74 Å². The third-order valence-corrected chi connectivity index (χ3v) is 2.70. The summed E-state index contributed by atoms with van der Waals surface area (Å²) in [6.45, 7) is 6.18. The Kier molecular flexibility index (Phi) is 4.01. The molecule has 0 aromatic carbocycles. The van der Waals surface area contributed by atoms with Crippen LogP contribution in [0.2, 0.25) is 0 Å². The second-order valence-corrected chi connectivity index (χ2v) is 5.27. The van der Waals surface area contributed by atoms with Crippen LogP contribution in [0.4, 0.5) is 0 Å². The summed E-state index contributed by atoms with van der Waals surface area (Å²) in [5.41, 5.74) is -0.115. The molecule has 0 aromatic rings. The van der Waals surface area contributed by atoms with E-state index in [1.165, 1.54) is 25.7 Å². The van der Waals surface area contributed by atoms with Gasteiger partial charge in [-0.15, -0.1) is 6.42 Å². The third kappa shape index (κ3) is 4.15. The predicted molar refractivity (Wildman–Crippen MR) is 60.0 cm³/mol. The fourth-order valence-corrected chi connectivity index (χ4v) is 2.13. The fraction of sp³-hybridized carbons (Fsp3) is 0.846. The van der Waals surface area contributed by atoms with E-state index in [9.17, 15) is 0 Å². The van der Waals surface area contributed by atoms with Crippen LogP contribution in [0.1, 0.15) is 52.9 Å². The van der Waals surface area contributed by atoms with Gasteiger partial charge in [0.05, 0.1) is 5.60 Å². The van der Waals surface area contributed by atoms with Gasteiger partial charge in [0, 0.05) is 0 Å². The standard InChI is InChI=1S/C13H22O/c1-5-12(14-13(2,3)4)10-11-8-6-7-9-11/h1,11-12H,6-10H2,2-4H3. The quantitative estimate of drug-likeness (QED) is 0.626. The smallest absolute Gasteiger partial charge is 0.118 e. The second kappa shape index (κ2) is 4.84. The molecule has 1 aliphatic rings. The van der Waals surface area contributed by atoms with Crippen LogP contribution in [0, 0.1) is 18.3 Å². The van der Waals surface area contributed by atoms with E-state index in [4.69, 9.17) is 11.2 Å². The molecule has 0 amide bonds. The van der Waals surface area contributed by atoms with Gasteiger partial charge in [-0.1, -0.05) is 31.6 Å². The van der Waals surface area contributed by atoms with E-state index in [2.05, 4.69) is 26.7 Å². The maximum absolute atomic E-state index is 5.81. The highest BCUT2D eigenvalue weighted by atomic mass is 16.5. The van der Waals surface area contributed by atoms with Crippen LogP contribution in [0.15, 0.2) is 0 Å². The average Bonchev–Trinajstić information content (AvgIpc) is 2.53. The van der Waals surface area contributed by atoms with Gasteiger partial charge in [0.25, 0.3) is 0 Å². The molecular formula is C13H22O. The largest absolute Gasteiger partial charge is 0.360 e. The van der Waals surface area contributed by atoms with Gasteiger partial charge in [-0.05, 0) is 33.1 Å². The molecule has 0 aliphatic heterocycles. The zero-order valence-corrected chi connectivity index (χ0v) is 9.68. The lowest BCUT2D eigenvalue weighted by molar-refractivity contribution is -0.0419. The summed E-state index contributed by atoms with van der Waals surface area (Å²) in [6, 6.07) is 0. The molecule has 0 spiro atoms. The Morgan fingerprint density at radius 2 is 1.93 bits per heavy atom. The molecule has 1 unspecified atom stereocenters. The number of ether oxygens (including phenoxy) is 1. The van der Waals surface area contributed by atoms with Gasteiger partial charge in [0.2, 0.25) is 0 Å². The average molecular weight is 194 g/mol. The Hall–Kier alpha value is -0.480. The minimum absolute atomic E-state index is 0.0121. The fourth-order valence-electron chi connectivity index (χ4n) is 2.13. The van der Waals surface area contributed by atoms with Gasteiger partial charge >= 0.3 is 0 Å². The van der Waals surface area contributed by atoms with E-state index in [1.54, 1.807) is 0 Å². The molecule has 1 atom stereocenters. The van der Waals surface area contributed by atoms with Crippen molar-refractivity contribution in [3.63, 3.8) is 0 Å². The lowest BCUT2D eigenvalue weighted by Crippen LogP contribution is -2.27. The third-order valence-electron chi connectivity index (χ3n) is 2.70. The number of hydrogen-bond acceptors (Lipinski definition) is 1. The Labute approximate surface area is 88.2 Å². The zero-order valence-electron chi connectivity index (χ0n) is 9.68. The van der Waals surface area contributed by atoms with Crippen LogP contribution in [0.5, 0.6) is 0 Å². The molecule has 14 heavy (non-hydrogen) atoms. The molecule has 1 saturated carbocycles.